The minimum Gasteiger partial charge on any atom is -0.317 e. The molecule has 6 nitrogen and oxygen atoms in total. The summed E-state index contributed by atoms with van der Waals surface area (Å²) in [5, 5.41) is 16.6. The molecule has 9 heteroatoms. The van der Waals surface area contributed by atoms with Gasteiger partial charge in [0, 0.05) is 33.5 Å². The number of aromatic nitrogens is 1. The van der Waals surface area contributed by atoms with Crippen LogP contribution in [0.25, 0.3) is 11.8 Å². The van der Waals surface area contributed by atoms with Gasteiger partial charge in [-0.1, -0.05) is 37.0 Å². The van der Waals surface area contributed by atoms with Crippen LogP contribution in [0.5, 0.6) is 0 Å². The van der Waals surface area contributed by atoms with Crippen LogP contribution in [0.2, 0.25) is 10.0 Å². The van der Waals surface area contributed by atoms with Gasteiger partial charge in [0.15, 0.2) is 5.84 Å². The maximum Gasteiger partial charge on any atom is 0.283 e. The molecule has 0 fully saturated rings. The zero-order chi connectivity index (χ0) is 20.0. The lowest BCUT2D eigenvalue weighted by Crippen LogP contribution is -2.35. The van der Waals surface area contributed by atoms with Crippen molar-refractivity contribution in [3.63, 3.8) is 0 Å². The van der Waals surface area contributed by atoms with Gasteiger partial charge in [0.2, 0.25) is 5.17 Å². The molecule has 0 spiro atoms. The van der Waals surface area contributed by atoms with Crippen LogP contribution in [-0.4, -0.2) is 31.5 Å². The van der Waals surface area contributed by atoms with E-state index in [1.165, 1.54) is 16.8 Å². The predicted molar refractivity (Wildman–Crippen MR) is 116 cm³/mol. The molecule has 1 N–H and O–H groups in total. The normalized spacial score (nSPS) is 18.0. The molecule has 0 radical (unpaired) electrons. The molecule has 0 saturated carbocycles. The van der Waals surface area contributed by atoms with Crippen molar-refractivity contribution in [3.05, 3.63) is 57.8 Å². The fourth-order valence-electron chi connectivity index (χ4n) is 2.81. The van der Waals surface area contributed by atoms with Crippen molar-refractivity contribution < 1.29 is 4.79 Å². The second-order valence-electron chi connectivity index (χ2n) is 6.54. The fraction of sp³-hybridized carbons (Fsp3) is 0.158. The Morgan fingerprint density at radius 1 is 1.21 bits per heavy atom. The summed E-state index contributed by atoms with van der Waals surface area (Å²) in [4.78, 5) is 16.7. The molecule has 28 heavy (non-hydrogen) atoms. The van der Waals surface area contributed by atoms with Gasteiger partial charge in [-0.05, 0) is 48.2 Å². The lowest BCUT2D eigenvalue weighted by molar-refractivity contribution is -0.114. The topological polar surface area (TPSA) is 73.8 Å². The van der Waals surface area contributed by atoms with Gasteiger partial charge in [0.1, 0.15) is 5.04 Å². The highest BCUT2D eigenvalue weighted by Crippen LogP contribution is 2.31. The van der Waals surface area contributed by atoms with Crippen LogP contribution in [-0.2, 0) is 4.79 Å². The van der Waals surface area contributed by atoms with E-state index in [1.807, 2.05) is 36.7 Å². The first-order valence-corrected chi connectivity index (χ1v) is 10.0. The third-order valence-electron chi connectivity index (χ3n) is 4.16. The molecule has 0 saturated heterocycles. The third kappa shape index (κ3) is 3.41. The predicted octanol–water partition coefficient (Wildman–Crippen LogP) is 5.06. The van der Waals surface area contributed by atoms with Crippen molar-refractivity contribution >= 4 is 63.0 Å². The number of halogens is 2. The molecule has 2 aliphatic heterocycles. The summed E-state index contributed by atoms with van der Waals surface area (Å²) in [6.07, 6.45) is 3.47. The Morgan fingerprint density at radius 2 is 1.93 bits per heavy atom. The summed E-state index contributed by atoms with van der Waals surface area (Å²) in [5.74, 6) is -0.255. The molecule has 142 valence electrons. The van der Waals surface area contributed by atoms with Gasteiger partial charge in [0.25, 0.3) is 5.91 Å². The lowest BCUT2D eigenvalue weighted by Gasteiger charge is -2.20. The Morgan fingerprint density at radius 3 is 2.61 bits per heavy atom. The minimum absolute atomic E-state index is 0.00928. The minimum atomic E-state index is -0.458. The smallest absolute Gasteiger partial charge is 0.283 e. The molecule has 3 heterocycles. The number of nitrogens with zero attached hydrogens (tertiary/aromatic N) is 4. The molecule has 2 aliphatic rings. The number of amidine groups is 2. The zero-order valence-corrected chi connectivity index (χ0v) is 17.3. The lowest BCUT2D eigenvalue weighted by atomic mass is 10.1. The van der Waals surface area contributed by atoms with Crippen LogP contribution in [0.4, 0.5) is 0 Å². The van der Waals surface area contributed by atoms with Gasteiger partial charge in [0.05, 0.1) is 5.57 Å². The molecular formula is C19H15Cl2N5OS. The Labute approximate surface area is 176 Å². The largest absolute Gasteiger partial charge is 0.317 e. The molecule has 1 aromatic carbocycles. The molecule has 0 aliphatic carbocycles. The van der Waals surface area contributed by atoms with E-state index < -0.39 is 5.91 Å². The molecular weight excluding hydrogens is 417 g/mol. The van der Waals surface area contributed by atoms with Crippen molar-refractivity contribution in [2.75, 3.05) is 0 Å². The van der Waals surface area contributed by atoms with Gasteiger partial charge in [-0.15, -0.1) is 0 Å². The monoisotopic (exact) mass is 431 g/mol. The van der Waals surface area contributed by atoms with Gasteiger partial charge < -0.3 is 4.57 Å². The number of rotatable bonds is 3. The molecule has 4 rings (SSSR count). The number of hydrogen-bond donors (Lipinski definition) is 1. The molecule has 1 amide bonds. The van der Waals surface area contributed by atoms with Crippen molar-refractivity contribution in [1.82, 2.24) is 9.58 Å². The fourth-order valence-corrected chi connectivity index (χ4v) is 4.22. The summed E-state index contributed by atoms with van der Waals surface area (Å²) in [6, 6.07) is 8.88. The third-order valence-corrected chi connectivity index (χ3v) is 5.81. The highest BCUT2D eigenvalue weighted by atomic mass is 35.5. The number of hydrazone groups is 1. The Kier molecular flexibility index (Phi) is 4.91. The molecule has 0 atom stereocenters. The maximum absolute atomic E-state index is 12.6. The average molecular weight is 432 g/mol. The van der Waals surface area contributed by atoms with E-state index in [0.29, 0.717) is 20.9 Å². The highest BCUT2D eigenvalue weighted by molar-refractivity contribution is 8.27. The maximum atomic E-state index is 12.6. The van der Waals surface area contributed by atoms with E-state index in [1.54, 1.807) is 24.3 Å². The molecule has 2 aromatic rings. The Hall–Kier alpha value is -2.35. The van der Waals surface area contributed by atoms with Crippen molar-refractivity contribution in [3.8, 4) is 5.69 Å². The summed E-state index contributed by atoms with van der Waals surface area (Å²) in [7, 11) is 0. The summed E-state index contributed by atoms with van der Waals surface area (Å²) >= 11 is 13.6. The number of fused-ring (bicyclic) bond motifs is 1. The average Bonchev–Trinajstić information content (AvgIpc) is 3.24. The van der Waals surface area contributed by atoms with Crippen LogP contribution in [0.3, 0.4) is 0 Å². The molecule has 1 aromatic heterocycles. The van der Waals surface area contributed by atoms with Gasteiger partial charge >= 0.3 is 0 Å². The van der Waals surface area contributed by atoms with Crippen molar-refractivity contribution in [2.24, 2.45) is 16.0 Å². The number of aliphatic imine (C=N–C) groups is 1. The first-order valence-electron chi connectivity index (χ1n) is 8.47. The van der Waals surface area contributed by atoms with E-state index in [9.17, 15) is 4.79 Å². The number of benzene rings is 1. The van der Waals surface area contributed by atoms with Crippen LogP contribution >= 0.6 is 35.0 Å². The number of hydrogen-bond acceptors (Lipinski definition) is 4. The summed E-state index contributed by atoms with van der Waals surface area (Å²) < 4.78 is 1.84. The highest BCUT2D eigenvalue weighted by Gasteiger charge is 2.36. The quantitative estimate of drug-likeness (QED) is 0.689. The first-order chi connectivity index (χ1) is 13.3. The SMILES string of the molecule is CC(C)C1=NN2C(=N)/C(=C\c3cccn3-c3cc(Cl)cc(Cl)c3)C(=O)N=C2S1. The van der Waals surface area contributed by atoms with E-state index in [2.05, 4.69) is 10.1 Å². The second kappa shape index (κ2) is 7.24. The van der Waals surface area contributed by atoms with Crippen molar-refractivity contribution in [2.45, 2.75) is 13.8 Å². The molecule has 0 bridgehead atoms. The second-order valence-corrected chi connectivity index (χ2v) is 8.40. The van der Waals surface area contributed by atoms with Gasteiger partial charge in [-0.25, -0.2) is 0 Å². The summed E-state index contributed by atoms with van der Waals surface area (Å²) in [6.45, 7) is 4.02. The van der Waals surface area contributed by atoms with Crippen LogP contribution in [0.15, 0.2) is 52.2 Å². The van der Waals surface area contributed by atoms with Gasteiger partial charge in [-0.3, -0.25) is 10.2 Å². The van der Waals surface area contributed by atoms with E-state index in [-0.39, 0.29) is 17.3 Å². The number of thioether (sulfide) groups is 1. The zero-order valence-electron chi connectivity index (χ0n) is 15.0. The van der Waals surface area contributed by atoms with Gasteiger partial charge in [-0.2, -0.15) is 15.1 Å². The number of carbonyl (C=O) groups excluding carboxylic acids is 1. The number of carbonyl (C=O) groups is 1. The van der Waals surface area contributed by atoms with Crippen LogP contribution in [0, 0.1) is 11.3 Å². The molecule has 0 unspecified atom stereocenters. The number of nitrogens with one attached hydrogen (secondary N) is 1. The first kappa shape index (κ1) is 19.0. The van der Waals surface area contributed by atoms with E-state index in [0.717, 1.165) is 10.7 Å². The van der Waals surface area contributed by atoms with Crippen LogP contribution < -0.4 is 0 Å². The van der Waals surface area contributed by atoms with E-state index >= 15 is 0 Å². The Balaban J connectivity index is 1.74. The standard InChI is InChI=1S/C19H15Cl2N5OS/c1-10(2)18-24-26-16(22)15(17(27)23-19(26)28-18)9-13-4-3-5-25(13)14-7-11(20)6-12(21)8-14/h3-10,22H,1-2H3/b15-9+,22-16?. The van der Waals surface area contributed by atoms with Crippen LogP contribution in [0.1, 0.15) is 19.5 Å². The van der Waals surface area contributed by atoms with E-state index in [4.69, 9.17) is 28.6 Å². The summed E-state index contributed by atoms with van der Waals surface area (Å²) in [5.41, 5.74) is 1.63. The van der Waals surface area contributed by atoms with Crippen molar-refractivity contribution in [1.29, 1.82) is 5.41 Å². The Bertz CT molecular complexity index is 1080. The number of amides is 1.